The Balaban J connectivity index is 0.000000433. The van der Waals surface area contributed by atoms with Gasteiger partial charge in [-0.2, -0.15) is 18.3 Å². The van der Waals surface area contributed by atoms with Crippen LogP contribution in [-0.4, -0.2) is 62.4 Å². The number of nitrogens with one attached hydrogen (secondary N) is 2. The van der Waals surface area contributed by atoms with Crippen LogP contribution in [0.4, 0.5) is 23.7 Å². The molecule has 1 fully saturated rings. The lowest BCUT2D eigenvalue weighted by Gasteiger charge is -2.34. The van der Waals surface area contributed by atoms with Crippen molar-refractivity contribution in [3.05, 3.63) is 82.8 Å². The second-order valence-electron chi connectivity index (χ2n) is 9.50. The molecule has 0 radical (unpaired) electrons. The molecule has 6 rings (SSSR count). The first kappa shape index (κ1) is 25.5. The lowest BCUT2D eigenvalue weighted by molar-refractivity contribution is -0.143. The first-order valence-electron chi connectivity index (χ1n) is 12.2. The van der Waals surface area contributed by atoms with Gasteiger partial charge in [-0.1, -0.05) is 36.4 Å². The molecular weight excluding hydrogens is 497 g/mol. The van der Waals surface area contributed by atoms with Crippen molar-refractivity contribution in [2.75, 3.05) is 25.0 Å². The summed E-state index contributed by atoms with van der Waals surface area (Å²) in [6, 6.07) is 18.3. The van der Waals surface area contributed by atoms with Gasteiger partial charge in [0, 0.05) is 61.6 Å². The van der Waals surface area contributed by atoms with Crippen molar-refractivity contribution in [3.63, 3.8) is 0 Å². The number of benzene rings is 2. The topological polar surface area (TPSA) is 86.3 Å². The number of nitrogens with zero attached hydrogens (tertiary/aromatic N) is 4. The average Bonchev–Trinajstić information content (AvgIpc) is 3.51. The lowest BCUT2D eigenvalue weighted by Crippen LogP contribution is -2.46. The molecule has 1 unspecified atom stereocenters. The monoisotopic (exact) mass is 524 g/mol. The van der Waals surface area contributed by atoms with Crippen LogP contribution in [0.1, 0.15) is 12.0 Å². The number of aryl methyl sites for hydroxylation is 1. The summed E-state index contributed by atoms with van der Waals surface area (Å²) in [5.74, 6) is 0. The number of rotatable bonds is 3. The largest absolute Gasteiger partial charge is 0.401 e. The van der Waals surface area contributed by atoms with Crippen LogP contribution in [0.15, 0.2) is 71.7 Å². The molecule has 198 valence electrons. The molecule has 0 spiro atoms. The van der Waals surface area contributed by atoms with Crippen molar-refractivity contribution in [2.45, 2.75) is 25.2 Å². The van der Waals surface area contributed by atoms with Gasteiger partial charge in [0.05, 0.1) is 12.1 Å². The summed E-state index contributed by atoms with van der Waals surface area (Å²) >= 11 is 0. The van der Waals surface area contributed by atoms with Crippen LogP contribution in [0, 0.1) is 0 Å². The summed E-state index contributed by atoms with van der Waals surface area (Å²) in [4.78, 5) is 27.3. The van der Waals surface area contributed by atoms with Gasteiger partial charge in [0.15, 0.2) is 0 Å². The number of H-pyrrole nitrogens is 1. The van der Waals surface area contributed by atoms with Crippen molar-refractivity contribution in [1.82, 2.24) is 24.6 Å². The molecule has 0 aliphatic carbocycles. The summed E-state index contributed by atoms with van der Waals surface area (Å²) in [5.41, 5.74) is 3.57. The van der Waals surface area contributed by atoms with Gasteiger partial charge >= 0.3 is 12.2 Å². The number of hydrogen-bond donors (Lipinski definition) is 2. The molecule has 2 aromatic carbocycles. The number of amides is 2. The summed E-state index contributed by atoms with van der Waals surface area (Å²) in [5, 5.41) is 11.0. The van der Waals surface area contributed by atoms with E-state index in [1.165, 1.54) is 15.5 Å². The SMILES string of the molecule is Cn1cc(-c2n[nH]c3cc4c(cc23)CN(C2CCN(CC(F)(F)F)C2)C(=O)N4)ccc1=O.c1ccccc1. The third-order valence-electron chi connectivity index (χ3n) is 6.75. The minimum Gasteiger partial charge on any atom is -0.318 e. The number of alkyl halides is 3. The normalized spacial score (nSPS) is 17.6. The van der Waals surface area contributed by atoms with Gasteiger partial charge in [-0.25, -0.2) is 4.79 Å². The van der Waals surface area contributed by atoms with Gasteiger partial charge in [0.2, 0.25) is 5.56 Å². The van der Waals surface area contributed by atoms with Gasteiger partial charge in [0.1, 0.15) is 5.69 Å². The Bertz CT molecular complexity index is 1470. The number of aromatic amines is 1. The third kappa shape index (κ3) is 5.57. The van der Waals surface area contributed by atoms with Crippen molar-refractivity contribution in [2.24, 2.45) is 7.05 Å². The third-order valence-corrected chi connectivity index (χ3v) is 6.75. The molecule has 1 atom stereocenters. The highest BCUT2D eigenvalue weighted by molar-refractivity contribution is 6.00. The van der Waals surface area contributed by atoms with Crippen molar-refractivity contribution < 1.29 is 18.0 Å². The molecule has 1 saturated heterocycles. The Morgan fingerprint density at radius 1 is 1.05 bits per heavy atom. The van der Waals surface area contributed by atoms with Gasteiger partial charge < -0.3 is 14.8 Å². The van der Waals surface area contributed by atoms with Crippen LogP contribution in [0.25, 0.3) is 22.2 Å². The average molecular weight is 525 g/mol. The van der Waals surface area contributed by atoms with Crippen LogP contribution < -0.4 is 10.9 Å². The fourth-order valence-corrected chi connectivity index (χ4v) is 4.90. The summed E-state index contributed by atoms with van der Waals surface area (Å²) in [7, 11) is 1.67. The Morgan fingerprint density at radius 3 is 2.42 bits per heavy atom. The van der Waals surface area contributed by atoms with E-state index in [-0.39, 0.29) is 24.2 Å². The van der Waals surface area contributed by atoms with E-state index in [2.05, 4.69) is 15.5 Å². The Morgan fingerprint density at radius 2 is 1.76 bits per heavy atom. The maximum Gasteiger partial charge on any atom is 0.401 e. The molecule has 2 N–H and O–H groups in total. The fourth-order valence-electron chi connectivity index (χ4n) is 4.90. The highest BCUT2D eigenvalue weighted by atomic mass is 19.4. The molecule has 0 saturated carbocycles. The highest BCUT2D eigenvalue weighted by Gasteiger charge is 2.38. The maximum absolute atomic E-state index is 12.7. The first-order chi connectivity index (χ1) is 18.2. The van der Waals surface area contributed by atoms with E-state index < -0.39 is 12.7 Å². The van der Waals surface area contributed by atoms with Crippen LogP contribution >= 0.6 is 0 Å². The van der Waals surface area contributed by atoms with Crippen LogP contribution in [0.3, 0.4) is 0 Å². The number of carbonyl (C=O) groups is 1. The van der Waals surface area contributed by atoms with Crippen LogP contribution in [0.2, 0.25) is 0 Å². The van der Waals surface area contributed by atoms with Gasteiger partial charge in [-0.15, -0.1) is 0 Å². The molecule has 4 heterocycles. The Kier molecular flexibility index (Phi) is 6.94. The van der Waals surface area contributed by atoms with Crippen molar-refractivity contribution >= 4 is 22.6 Å². The standard InChI is InChI=1S/C21H21F3N6O2.C6H6/c1-28-8-12(2-3-18(28)31)19-15-6-13-9-30(14-4-5-29(10-14)11-21(22,23)24)20(32)25-16(13)7-17(15)26-27-19;1-2-4-6-5-3-1/h2-3,6-8,14H,4-5,9-11H2,1H3,(H,25,32)(H,26,27);1-6H. The second kappa shape index (κ2) is 10.3. The smallest absolute Gasteiger partial charge is 0.318 e. The molecular formula is C27H27F3N6O2. The van der Waals surface area contributed by atoms with Crippen LogP contribution in [0.5, 0.6) is 0 Å². The summed E-state index contributed by atoms with van der Waals surface area (Å²) in [6.07, 6.45) is -2.05. The molecule has 2 amide bonds. The zero-order valence-corrected chi connectivity index (χ0v) is 20.7. The number of carbonyl (C=O) groups excluding carboxylic acids is 1. The quantitative estimate of drug-likeness (QED) is 0.410. The number of urea groups is 1. The molecule has 38 heavy (non-hydrogen) atoms. The molecule has 11 heteroatoms. The van der Waals surface area contributed by atoms with Crippen LogP contribution in [-0.2, 0) is 13.6 Å². The number of anilines is 1. The maximum atomic E-state index is 12.7. The zero-order chi connectivity index (χ0) is 26.9. The zero-order valence-electron chi connectivity index (χ0n) is 20.7. The molecule has 0 bridgehead atoms. The van der Waals surface area contributed by atoms with E-state index in [1.54, 1.807) is 24.2 Å². The molecule has 2 aliphatic heterocycles. The minimum absolute atomic E-state index is 0.125. The van der Waals surface area contributed by atoms with Gasteiger partial charge in [0.25, 0.3) is 0 Å². The Hall–Kier alpha value is -4.12. The van der Waals surface area contributed by atoms with Gasteiger partial charge in [-0.3, -0.25) is 14.8 Å². The molecule has 8 nitrogen and oxygen atoms in total. The van der Waals surface area contributed by atoms with E-state index in [0.717, 1.165) is 22.0 Å². The summed E-state index contributed by atoms with van der Waals surface area (Å²) in [6.45, 7) is -0.161. The number of likely N-dealkylation sites (tertiary alicyclic amines) is 1. The summed E-state index contributed by atoms with van der Waals surface area (Å²) < 4.78 is 39.7. The van der Waals surface area contributed by atoms with E-state index in [4.69, 9.17) is 0 Å². The minimum atomic E-state index is -4.25. The van der Waals surface area contributed by atoms with E-state index in [1.807, 2.05) is 48.5 Å². The number of aromatic nitrogens is 3. The molecule has 2 aliphatic rings. The Labute approximate surface area is 216 Å². The van der Waals surface area contributed by atoms with E-state index in [0.29, 0.717) is 30.9 Å². The van der Waals surface area contributed by atoms with E-state index in [9.17, 15) is 22.8 Å². The fraction of sp³-hybridized carbons (Fsp3) is 0.296. The van der Waals surface area contributed by atoms with Crippen molar-refractivity contribution in [3.8, 4) is 11.3 Å². The van der Waals surface area contributed by atoms with E-state index >= 15 is 0 Å². The van der Waals surface area contributed by atoms with Crippen molar-refractivity contribution in [1.29, 1.82) is 0 Å². The second-order valence-corrected chi connectivity index (χ2v) is 9.50. The van der Waals surface area contributed by atoms with Gasteiger partial charge in [-0.05, 0) is 30.2 Å². The highest BCUT2D eigenvalue weighted by Crippen LogP contribution is 2.34. The first-order valence-corrected chi connectivity index (χ1v) is 12.2. The number of hydrogen-bond acceptors (Lipinski definition) is 4. The lowest BCUT2D eigenvalue weighted by atomic mass is 10.0. The molecule has 4 aromatic rings. The molecule has 2 aromatic heterocycles. The predicted octanol–water partition coefficient (Wildman–Crippen LogP) is 4.60. The predicted molar refractivity (Wildman–Crippen MR) is 139 cm³/mol. The number of pyridine rings is 1. The number of halogens is 3. The number of fused-ring (bicyclic) bond motifs is 2.